The molecule has 2 N–H and O–H groups in total. The molecule has 1 rings (SSSR count). The second kappa shape index (κ2) is 5.18. The number of aliphatic hydroxyl groups is 1. The van der Waals surface area contributed by atoms with Gasteiger partial charge in [0, 0.05) is 32.0 Å². The summed E-state index contributed by atoms with van der Waals surface area (Å²) in [6.45, 7) is 0.504. The monoisotopic (exact) mass is 222 g/mol. The van der Waals surface area contributed by atoms with Crippen LogP contribution in [0.1, 0.15) is 0 Å². The van der Waals surface area contributed by atoms with Gasteiger partial charge >= 0.3 is 6.18 Å². The lowest BCUT2D eigenvalue weighted by molar-refractivity contribution is -0.201. The fourth-order valence-corrected chi connectivity index (χ4v) is 1.08. The van der Waals surface area contributed by atoms with Crippen LogP contribution in [0.25, 0.3) is 0 Å². The normalized spacial score (nSPS) is 14.1. The van der Waals surface area contributed by atoms with Gasteiger partial charge in [-0.05, 0) is 12.1 Å². The summed E-state index contributed by atoms with van der Waals surface area (Å²) in [5.41, 5.74) is 0. The minimum absolute atomic E-state index is 0.391. The molecule has 15 heavy (non-hydrogen) atoms. The van der Waals surface area contributed by atoms with Crippen molar-refractivity contribution in [1.82, 2.24) is 9.88 Å². The predicted molar refractivity (Wildman–Crippen MR) is 49.4 cm³/mol. The number of rotatable bonds is 5. The molecule has 0 saturated carbocycles. The van der Waals surface area contributed by atoms with E-state index in [9.17, 15) is 13.2 Å². The SMILES string of the molecule is OC(CNCCn1cccc1)C(F)(F)F. The number of nitrogens with one attached hydrogen (secondary N) is 1. The van der Waals surface area contributed by atoms with Crippen molar-refractivity contribution in [3.63, 3.8) is 0 Å². The molecule has 0 fully saturated rings. The van der Waals surface area contributed by atoms with Crippen LogP contribution >= 0.6 is 0 Å². The Morgan fingerprint density at radius 3 is 2.40 bits per heavy atom. The van der Waals surface area contributed by atoms with Crippen LogP contribution in [0.2, 0.25) is 0 Å². The molecule has 6 heteroatoms. The Labute approximate surface area is 85.5 Å². The van der Waals surface area contributed by atoms with Crippen LogP contribution in [0, 0.1) is 0 Å². The number of aliphatic hydroxyl groups excluding tert-OH is 1. The summed E-state index contributed by atoms with van der Waals surface area (Å²) < 4.78 is 37.4. The zero-order valence-corrected chi connectivity index (χ0v) is 8.04. The highest BCUT2D eigenvalue weighted by atomic mass is 19.4. The highest BCUT2D eigenvalue weighted by molar-refractivity contribution is 4.90. The molecule has 0 amide bonds. The van der Waals surface area contributed by atoms with E-state index in [1.807, 2.05) is 29.1 Å². The molecule has 1 aromatic heterocycles. The molecule has 0 aliphatic heterocycles. The Kier molecular flexibility index (Phi) is 4.16. The van der Waals surface area contributed by atoms with Gasteiger partial charge in [-0.2, -0.15) is 13.2 Å². The van der Waals surface area contributed by atoms with Gasteiger partial charge < -0.3 is 15.0 Å². The highest BCUT2D eigenvalue weighted by Gasteiger charge is 2.37. The number of hydrogen-bond donors (Lipinski definition) is 2. The highest BCUT2D eigenvalue weighted by Crippen LogP contribution is 2.18. The fraction of sp³-hybridized carbons (Fsp3) is 0.556. The van der Waals surface area contributed by atoms with Gasteiger partial charge in [-0.3, -0.25) is 0 Å². The van der Waals surface area contributed by atoms with E-state index in [0.717, 1.165) is 0 Å². The first-order chi connectivity index (χ1) is 7.00. The quantitative estimate of drug-likeness (QED) is 0.729. The summed E-state index contributed by atoms with van der Waals surface area (Å²) in [7, 11) is 0. The standard InChI is InChI=1S/C9H13F3N2O/c10-9(11,12)8(15)7-13-3-6-14-4-1-2-5-14/h1-2,4-5,8,13,15H,3,6-7H2. The molecule has 0 aliphatic carbocycles. The molecule has 0 saturated heterocycles. The molecule has 1 aromatic rings. The number of nitrogens with zero attached hydrogens (tertiary/aromatic N) is 1. The number of alkyl halides is 3. The Balaban J connectivity index is 2.12. The van der Waals surface area contributed by atoms with Crippen LogP contribution < -0.4 is 5.32 Å². The van der Waals surface area contributed by atoms with Gasteiger partial charge in [0.2, 0.25) is 0 Å². The summed E-state index contributed by atoms with van der Waals surface area (Å²) in [5.74, 6) is 0. The Morgan fingerprint density at radius 2 is 1.87 bits per heavy atom. The lowest BCUT2D eigenvalue weighted by Gasteiger charge is -2.15. The fourth-order valence-electron chi connectivity index (χ4n) is 1.08. The summed E-state index contributed by atoms with van der Waals surface area (Å²) in [6.07, 6.45) is -3.19. The number of halogens is 3. The molecule has 0 spiro atoms. The van der Waals surface area contributed by atoms with Gasteiger partial charge in [-0.25, -0.2) is 0 Å². The minimum Gasteiger partial charge on any atom is -0.382 e. The van der Waals surface area contributed by atoms with E-state index in [-0.39, 0.29) is 0 Å². The smallest absolute Gasteiger partial charge is 0.382 e. The second-order valence-corrected chi connectivity index (χ2v) is 3.18. The average Bonchev–Trinajstić information content (AvgIpc) is 2.63. The predicted octanol–water partition coefficient (Wildman–Crippen LogP) is 1.00. The molecule has 1 atom stereocenters. The van der Waals surface area contributed by atoms with E-state index < -0.39 is 18.8 Å². The van der Waals surface area contributed by atoms with Crippen molar-refractivity contribution in [1.29, 1.82) is 0 Å². The van der Waals surface area contributed by atoms with E-state index in [4.69, 9.17) is 5.11 Å². The van der Waals surface area contributed by atoms with E-state index in [1.165, 1.54) is 0 Å². The van der Waals surface area contributed by atoms with Crippen molar-refractivity contribution in [2.24, 2.45) is 0 Å². The number of aromatic nitrogens is 1. The molecule has 86 valence electrons. The van der Waals surface area contributed by atoms with E-state index >= 15 is 0 Å². The van der Waals surface area contributed by atoms with Crippen molar-refractivity contribution in [2.45, 2.75) is 18.8 Å². The zero-order chi connectivity index (χ0) is 11.3. The van der Waals surface area contributed by atoms with Gasteiger partial charge in [-0.15, -0.1) is 0 Å². The third-order valence-corrected chi connectivity index (χ3v) is 1.93. The van der Waals surface area contributed by atoms with Crippen LogP contribution in [-0.4, -0.2) is 35.0 Å². The maximum atomic E-state index is 11.9. The minimum atomic E-state index is -4.54. The van der Waals surface area contributed by atoms with Gasteiger partial charge in [0.25, 0.3) is 0 Å². The summed E-state index contributed by atoms with van der Waals surface area (Å²) in [5, 5.41) is 11.2. The van der Waals surface area contributed by atoms with Gasteiger partial charge in [0.05, 0.1) is 0 Å². The molecule has 0 aliphatic rings. The van der Waals surface area contributed by atoms with Crippen LogP contribution in [-0.2, 0) is 6.54 Å². The van der Waals surface area contributed by atoms with Gasteiger partial charge in [0.1, 0.15) is 0 Å². The Morgan fingerprint density at radius 1 is 1.27 bits per heavy atom. The van der Waals surface area contributed by atoms with Crippen molar-refractivity contribution in [2.75, 3.05) is 13.1 Å². The molecule has 3 nitrogen and oxygen atoms in total. The largest absolute Gasteiger partial charge is 0.415 e. The first kappa shape index (κ1) is 12.1. The van der Waals surface area contributed by atoms with Crippen LogP contribution in [0.5, 0.6) is 0 Å². The second-order valence-electron chi connectivity index (χ2n) is 3.18. The van der Waals surface area contributed by atoms with Crippen LogP contribution in [0.3, 0.4) is 0 Å². The maximum Gasteiger partial charge on any atom is 0.415 e. The Bertz CT molecular complexity index is 271. The summed E-state index contributed by atoms with van der Waals surface area (Å²) in [6, 6.07) is 3.68. The first-order valence-electron chi connectivity index (χ1n) is 4.56. The topological polar surface area (TPSA) is 37.2 Å². The van der Waals surface area contributed by atoms with Crippen LogP contribution in [0.15, 0.2) is 24.5 Å². The average molecular weight is 222 g/mol. The first-order valence-corrected chi connectivity index (χ1v) is 4.56. The molecule has 0 bridgehead atoms. The molecule has 0 radical (unpaired) electrons. The van der Waals surface area contributed by atoms with Crippen molar-refractivity contribution < 1.29 is 18.3 Å². The van der Waals surface area contributed by atoms with Crippen molar-refractivity contribution in [3.05, 3.63) is 24.5 Å². The van der Waals surface area contributed by atoms with Crippen LogP contribution in [0.4, 0.5) is 13.2 Å². The molecule has 1 heterocycles. The summed E-state index contributed by atoms with van der Waals surface area (Å²) in [4.78, 5) is 0. The van der Waals surface area contributed by atoms with E-state index in [2.05, 4.69) is 5.32 Å². The Hall–Kier alpha value is -1.01. The van der Waals surface area contributed by atoms with Gasteiger partial charge in [-0.1, -0.05) is 0 Å². The zero-order valence-electron chi connectivity index (χ0n) is 8.04. The van der Waals surface area contributed by atoms with Gasteiger partial charge in [0.15, 0.2) is 6.10 Å². The van der Waals surface area contributed by atoms with Crippen molar-refractivity contribution in [3.8, 4) is 0 Å². The molecule has 1 unspecified atom stereocenters. The van der Waals surface area contributed by atoms with E-state index in [1.54, 1.807) is 0 Å². The third-order valence-electron chi connectivity index (χ3n) is 1.93. The summed E-state index contributed by atoms with van der Waals surface area (Å²) >= 11 is 0. The van der Waals surface area contributed by atoms with E-state index in [0.29, 0.717) is 13.1 Å². The maximum absolute atomic E-state index is 11.9. The third kappa shape index (κ3) is 4.35. The lowest BCUT2D eigenvalue weighted by atomic mass is 10.3. The lowest BCUT2D eigenvalue weighted by Crippen LogP contribution is -2.39. The molecule has 0 aromatic carbocycles. The number of hydrogen-bond acceptors (Lipinski definition) is 2. The molecular weight excluding hydrogens is 209 g/mol. The van der Waals surface area contributed by atoms with Crippen molar-refractivity contribution >= 4 is 0 Å². The molecular formula is C9H13F3N2O.